The van der Waals surface area contributed by atoms with E-state index in [1.54, 1.807) is 18.9 Å². The molecular weight excluding hydrogens is 536 g/mol. The van der Waals surface area contributed by atoms with Gasteiger partial charge in [0.05, 0.1) is 37.4 Å². The number of benzene rings is 2. The Labute approximate surface area is 248 Å². The average Bonchev–Trinajstić information content (AvgIpc) is 2.99. The van der Waals surface area contributed by atoms with Crippen molar-refractivity contribution in [2.75, 3.05) is 20.3 Å². The van der Waals surface area contributed by atoms with E-state index in [-0.39, 0.29) is 25.0 Å². The van der Waals surface area contributed by atoms with Gasteiger partial charge in [-0.15, -0.1) is 0 Å². The molecular formula is C32H44N4O6. The van der Waals surface area contributed by atoms with Crippen molar-refractivity contribution < 1.29 is 29.1 Å². The number of carbonyl (C=O) groups is 2. The highest BCUT2D eigenvalue weighted by molar-refractivity contribution is 5.89. The molecule has 0 aliphatic rings. The fourth-order valence-electron chi connectivity index (χ4n) is 4.77. The number of aromatic nitrogens is 1. The van der Waals surface area contributed by atoms with Gasteiger partial charge in [0.25, 0.3) is 0 Å². The van der Waals surface area contributed by atoms with Crippen LogP contribution >= 0.6 is 0 Å². The van der Waals surface area contributed by atoms with Crippen LogP contribution in [0.4, 0.5) is 0 Å². The number of hydrogen-bond donors (Lipinski definition) is 4. The van der Waals surface area contributed by atoms with Gasteiger partial charge in [-0.25, -0.2) is 0 Å². The van der Waals surface area contributed by atoms with E-state index < -0.39 is 23.5 Å². The van der Waals surface area contributed by atoms with Crippen LogP contribution < -0.4 is 16.3 Å². The first-order chi connectivity index (χ1) is 20.2. The molecule has 10 heteroatoms. The second-order valence-corrected chi connectivity index (χ2v) is 11.3. The Morgan fingerprint density at radius 3 is 2.43 bits per heavy atom. The third-order valence-electron chi connectivity index (χ3n) is 7.09. The lowest BCUT2D eigenvalue weighted by Gasteiger charge is -2.33. The SMILES string of the molecule is CNC(=O)C(NC(=O)C(CCCCOCc1ccccc1)C(CONO)OCc1cccc2cccnc12)C(C)(C)C. The number of nitrogens with one attached hydrogen (secondary N) is 3. The van der Waals surface area contributed by atoms with E-state index in [0.717, 1.165) is 28.5 Å². The fraction of sp³-hybridized carbons (Fsp3) is 0.469. The molecule has 0 bridgehead atoms. The van der Waals surface area contributed by atoms with Crippen molar-refractivity contribution in [2.45, 2.75) is 65.4 Å². The normalized spacial score (nSPS) is 13.8. The van der Waals surface area contributed by atoms with Crippen molar-refractivity contribution >= 4 is 22.7 Å². The Kier molecular flexibility index (Phi) is 13.3. The van der Waals surface area contributed by atoms with E-state index in [4.69, 9.17) is 14.3 Å². The quantitative estimate of drug-likeness (QED) is 0.137. The number of amides is 2. The Morgan fingerprint density at radius 1 is 0.952 bits per heavy atom. The summed E-state index contributed by atoms with van der Waals surface area (Å²) in [5.41, 5.74) is 3.95. The van der Waals surface area contributed by atoms with E-state index >= 15 is 0 Å². The average molecular weight is 581 g/mol. The van der Waals surface area contributed by atoms with Gasteiger partial charge in [0.2, 0.25) is 11.8 Å². The topological polar surface area (TPSA) is 131 Å². The van der Waals surface area contributed by atoms with Crippen LogP contribution in [0.5, 0.6) is 0 Å². The number of carbonyl (C=O) groups excluding carboxylic acids is 2. The number of likely N-dealkylation sites (N-methyl/N-ethyl adjacent to an activating group) is 1. The van der Waals surface area contributed by atoms with Crippen LogP contribution in [-0.4, -0.2) is 54.4 Å². The molecule has 3 atom stereocenters. The lowest BCUT2D eigenvalue weighted by Crippen LogP contribution is -2.55. The van der Waals surface area contributed by atoms with E-state index in [2.05, 4.69) is 15.6 Å². The van der Waals surface area contributed by atoms with Crippen molar-refractivity contribution in [2.24, 2.45) is 11.3 Å². The van der Waals surface area contributed by atoms with Gasteiger partial charge in [-0.3, -0.25) is 24.6 Å². The monoisotopic (exact) mass is 580 g/mol. The minimum absolute atomic E-state index is 0.0998. The summed E-state index contributed by atoms with van der Waals surface area (Å²) >= 11 is 0. The maximum atomic E-state index is 13.8. The lowest BCUT2D eigenvalue weighted by molar-refractivity contribution is -0.169. The number of unbranched alkanes of at least 4 members (excludes halogenated alkanes) is 1. The first-order valence-electron chi connectivity index (χ1n) is 14.3. The molecule has 0 fully saturated rings. The van der Waals surface area contributed by atoms with Crippen molar-refractivity contribution in [3.05, 3.63) is 78.0 Å². The number of pyridine rings is 1. The zero-order valence-corrected chi connectivity index (χ0v) is 25.0. The van der Waals surface area contributed by atoms with Crippen molar-refractivity contribution in [3.8, 4) is 0 Å². The molecule has 2 aromatic carbocycles. The number of para-hydroxylation sites is 1. The minimum Gasteiger partial charge on any atom is -0.377 e. The predicted octanol–water partition coefficient (Wildman–Crippen LogP) is 4.31. The Hall–Kier alpha value is -3.41. The van der Waals surface area contributed by atoms with Crippen molar-refractivity contribution in [1.29, 1.82) is 0 Å². The van der Waals surface area contributed by atoms with E-state index in [1.165, 1.54) is 0 Å². The summed E-state index contributed by atoms with van der Waals surface area (Å²) < 4.78 is 12.1. The van der Waals surface area contributed by atoms with Gasteiger partial charge in [0, 0.05) is 30.8 Å². The number of fused-ring (bicyclic) bond motifs is 1. The van der Waals surface area contributed by atoms with Gasteiger partial charge in [-0.1, -0.05) is 87.4 Å². The standard InChI is InChI=1S/C32H44N4O6/c1-32(2,3)29(31(38)33-4)35-30(37)26(17-8-9-19-40-20-23-12-6-5-7-13-23)27(22-42-36-39)41-21-25-15-10-14-24-16-11-18-34-28(24)25/h5-7,10-16,18,26-27,29,36,39H,8-9,17,19-22H2,1-4H3,(H,33,38)(H,35,37). The maximum Gasteiger partial charge on any atom is 0.242 e. The zero-order chi connectivity index (χ0) is 30.4. The summed E-state index contributed by atoms with van der Waals surface area (Å²) in [7, 11) is 1.55. The summed E-state index contributed by atoms with van der Waals surface area (Å²) in [6.45, 7) is 6.82. The highest BCUT2D eigenvalue weighted by Crippen LogP contribution is 2.24. The molecule has 3 unspecified atom stereocenters. The third-order valence-corrected chi connectivity index (χ3v) is 7.09. The van der Waals surface area contributed by atoms with Crippen LogP contribution in [0, 0.1) is 11.3 Å². The van der Waals surface area contributed by atoms with E-state index in [1.807, 2.05) is 81.4 Å². The van der Waals surface area contributed by atoms with E-state index in [9.17, 15) is 14.8 Å². The molecule has 3 rings (SSSR count). The van der Waals surface area contributed by atoms with Crippen LogP contribution in [0.25, 0.3) is 10.9 Å². The molecule has 0 saturated carbocycles. The van der Waals surface area contributed by atoms with E-state index in [0.29, 0.717) is 26.1 Å². The van der Waals surface area contributed by atoms with Crippen LogP contribution in [0.1, 0.15) is 51.2 Å². The Morgan fingerprint density at radius 2 is 1.71 bits per heavy atom. The molecule has 1 heterocycles. The van der Waals surface area contributed by atoms with Crippen LogP contribution in [0.2, 0.25) is 0 Å². The third kappa shape index (κ3) is 10.1. The Bertz CT molecular complexity index is 1250. The summed E-state index contributed by atoms with van der Waals surface area (Å²) in [5.74, 6) is -1.28. The zero-order valence-electron chi connectivity index (χ0n) is 25.0. The molecule has 10 nitrogen and oxygen atoms in total. The molecule has 2 amide bonds. The molecule has 0 aliphatic carbocycles. The summed E-state index contributed by atoms with van der Waals surface area (Å²) in [5, 5.41) is 15.8. The molecule has 0 spiro atoms. The molecule has 3 aromatic rings. The smallest absolute Gasteiger partial charge is 0.242 e. The van der Waals surface area contributed by atoms with Crippen LogP contribution in [-0.2, 0) is 37.1 Å². The van der Waals surface area contributed by atoms with Crippen molar-refractivity contribution in [3.63, 3.8) is 0 Å². The van der Waals surface area contributed by atoms with Crippen molar-refractivity contribution in [1.82, 2.24) is 21.3 Å². The molecule has 1 aromatic heterocycles. The molecule has 0 radical (unpaired) electrons. The van der Waals surface area contributed by atoms with Gasteiger partial charge in [0.1, 0.15) is 6.04 Å². The minimum atomic E-state index is -0.758. The summed E-state index contributed by atoms with van der Waals surface area (Å²) in [4.78, 5) is 36.1. The number of rotatable bonds is 17. The predicted molar refractivity (Wildman–Crippen MR) is 160 cm³/mol. The molecule has 42 heavy (non-hydrogen) atoms. The highest BCUT2D eigenvalue weighted by Gasteiger charge is 2.36. The maximum absolute atomic E-state index is 13.8. The largest absolute Gasteiger partial charge is 0.377 e. The first kappa shape index (κ1) is 33.1. The number of hydrogen-bond acceptors (Lipinski definition) is 8. The van der Waals surface area contributed by atoms with Gasteiger partial charge >= 0.3 is 0 Å². The number of ether oxygens (including phenoxy) is 2. The summed E-state index contributed by atoms with van der Waals surface area (Å²) in [6, 6.07) is 18.9. The molecule has 4 N–H and O–H groups in total. The molecule has 0 saturated heterocycles. The lowest BCUT2D eigenvalue weighted by atomic mass is 9.85. The van der Waals surface area contributed by atoms with Crippen LogP contribution in [0.3, 0.4) is 0 Å². The van der Waals surface area contributed by atoms with Gasteiger partial charge in [-0.05, 0) is 29.9 Å². The van der Waals surface area contributed by atoms with Gasteiger partial charge in [0.15, 0.2) is 0 Å². The fourth-order valence-corrected chi connectivity index (χ4v) is 4.77. The number of nitrogens with zero attached hydrogens (tertiary/aromatic N) is 1. The Balaban J connectivity index is 1.74. The second kappa shape index (κ2) is 16.9. The van der Waals surface area contributed by atoms with Gasteiger partial charge < -0.3 is 20.1 Å². The second-order valence-electron chi connectivity index (χ2n) is 11.3. The first-order valence-corrected chi connectivity index (χ1v) is 14.3. The molecule has 228 valence electrons. The summed E-state index contributed by atoms with van der Waals surface area (Å²) in [6.07, 6.45) is 2.85. The molecule has 0 aliphatic heterocycles. The highest BCUT2D eigenvalue weighted by atomic mass is 16.8. The van der Waals surface area contributed by atoms with Gasteiger partial charge in [-0.2, -0.15) is 0 Å². The van der Waals surface area contributed by atoms with Crippen LogP contribution in [0.15, 0.2) is 66.9 Å².